The molecule has 0 aromatic heterocycles. The van der Waals surface area contributed by atoms with Crippen LogP contribution < -0.4 is 5.32 Å². The number of benzene rings is 1. The second-order valence-electron chi connectivity index (χ2n) is 4.52. The summed E-state index contributed by atoms with van der Waals surface area (Å²) >= 11 is 3.30. The van der Waals surface area contributed by atoms with Crippen LogP contribution in [0.15, 0.2) is 22.7 Å². The number of hydrogen-bond donors (Lipinski definition) is 2. The third-order valence-corrected chi connectivity index (χ3v) is 3.38. The predicted octanol–water partition coefficient (Wildman–Crippen LogP) is 3.03. The molecule has 0 radical (unpaired) electrons. The molecule has 5 heteroatoms. The third-order valence-electron chi connectivity index (χ3n) is 2.92. The van der Waals surface area contributed by atoms with E-state index in [-0.39, 0.29) is 11.9 Å². The van der Waals surface area contributed by atoms with Crippen LogP contribution in [0.1, 0.15) is 31.4 Å². The van der Waals surface area contributed by atoms with Crippen molar-refractivity contribution in [2.45, 2.75) is 31.9 Å². The fraction of sp³-hybridized carbons (Fsp3) is 0.571. The van der Waals surface area contributed by atoms with Crippen molar-refractivity contribution in [1.29, 1.82) is 0 Å². The van der Waals surface area contributed by atoms with E-state index in [1.807, 2.05) is 13.0 Å². The zero-order chi connectivity index (χ0) is 14.3. The molecule has 0 spiro atoms. The minimum atomic E-state index is -0.464. The number of aliphatic hydroxyl groups is 1. The van der Waals surface area contributed by atoms with Crippen LogP contribution in [0.2, 0.25) is 0 Å². The summed E-state index contributed by atoms with van der Waals surface area (Å²) in [4.78, 5) is 0. The molecule has 0 bridgehead atoms. The maximum atomic E-state index is 13.4. The lowest BCUT2D eigenvalue weighted by Crippen LogP contribution is -2.26. The van der Waals surface area contributed by atoms with Gasteiger partial charge >= 0.3 is 0 Å². The first-order valence-electron chi connectivity index (χ1n) is 6.43. The summed E-state index contributed by atoms with van der Waals surface area (Å²) in [5.74, 6) is -0.246. The van der Waals surface area contributed by atoms with Gasteiger partial charge < -0.3 is 15.2 Å². The minimum Gasteiger partial charge on any atom is -0.391 e. The van der Waals surface area contributed by atoms with Gasteiger partial charge in [0.1, 0.15) is 5.82 Å². The normalized spacial score (nSPS) is 14.4. The number of hydrogen-bond acceptors (Lipinski definition) is 3. The average Bonchev–Trinajstić information content (AvgIpc) is 2.33. The van der Waals surface area contributed by atoms with Gasteiger partial charge in [0.05, 0.1) is 12.7 Å². The highest BCUT2D eigenvalue weighted by atomic mass is 79.9. The van der Waals surface area contributed by atoms with Gasteiger partial charge in [-0.05, 0) is 43.1 Å². The standard InChI is InChI=1S/C14H21BrFNO2/c1-3-14(17-5-4-13(18)9-19-2)10-6-11(15)8-12(16)7-10/h6-8,13-14,17-18H,3-5,9H2,1-2H3. The Kier molecular flexibility index (Phi) is 7.53. The van der Waals surface area contributed by atoms with Crippen molar-refractivity contribution in [3.63, 3.8) is 0 Å². The number of methoxy groups -OCH3 is 1. The second kappa shape index (κ2) is 8.64. The molecule has 1 aromatic carbocycles. The lowest BCUT2D eigenvalue weighted by atomic mass is 10.0. The molecule has 0 saturated carbocycles. The Morgan fingerprint density at radius 2 is 2.16 bits per heavy atom. The molecular formula is C14H21BrFNO2. The summed E-state index contributed by atoms with van der Waals surface area (Å²) < 4.78 is 19.0. The maximum absolute atomic E-state index is 13.4. The number of ether oxygens (including phenoxy) is 1. The number of rotatable bonds is 8. The largest absolute Gasteiger partial charge is 0.391 e. The van der Waals surface area contributed by atoms with E-state index in [1.54, 1.807) is 7.11 Å². The van der Waals surface area contributed by atoms with Crippen LogP contribution in [-0.2, 0) is 4.74 Å². The molecule has 1 rings (SSSR count). The van der Waals surface area contributed by atoms with Crippen molar-refractivity contribution in [3.8, 4) is 0 Å². The summed E-state index contributed by atoms with van der Waals surface area (Å²) in [6, 6.07) is 4.98. The molecule has 3 nitrogen and oxygen atoms in total. The molecule has 108 valence electrons. The third kappa shape index (κ3) is 5.99. The van der Waals surface area contributed by atoms with Gasteiger partial charge in [-0.3, -0.25) is 0 Å². The summed E-state index contributed by atoms with van der Waals surface area (Å²) in [5, 5.41) is 12.9. The summed E-state index contributed by atoms with van der Waals surface area (Å²) in [6.45, 7) is 3.04. The SMILES string of the molecule is CCC(NCCC(O)COC)c1cc(F)cc(Br)c1. The molecule has 2 N–H and O–H groups in total. The smallest absolute Gasteiger partial charge is 0.124 e. The maximum Gasteiger partial charge on any atom is 0.124 e. The van der Waals surface area contributed by atoms with Gasteiger partial charge in [0.25, 0.3) is 0 Å². The molecule has 0 heterocycles. The molecule has 0 saturated heterocycles. The topological polar surface area (TPSA) is 41.5 Å². The zero-order valence-electron chi connectivity index (χ0n) is 11.3. The first kappa shape index (κ1) is 16.6. The van der Waals surface area contributed by atoms with E-state index in [0.717, 1.165) is 16.5 Å². The first-order valence-corrected chi connectivity index (χ1v) is 7.22. The Morgan fingerprint density at radius 1 is 1.42 bits per heavy atom. The Hall–Kier alpha value is -0.490. The van der Waals surface area contributed by atoms with Crippen molar-refractivity contribution in [2.24, 2.45) is 0 Å². The van der Waals surface area contributed by atoms with Gasteiger partial charge in [-0.25, -0.2) is 4.39 Å². The molecule has 2 unspecified atom stereocenters. The summed E-state index contributed by atoms with van der Waals surface area (Å²) in [7, 11) is 1.57. The Balaban J connectivity index is 2.53. The van der Waals surface area contributed by atoms with Gasteiger partial charge in [-0.2, -0.15) is 0 Å². The molecule has 2 atom stereocenters. The van der Waals surface area contributed by atoms with Gasteiger partial charge in [-0.15, -0.1) is 0 Å². The molecule has 0 amide bonds. The van der Waals surface area contributed by atoms with Crippen molar-refractivity contribution in [1.82, 2.24) is 5.32 Å². The minimum absolute atomic E-state index is 0.0849. The van der Waals surface area contributed by atoms with Crippen LogP contribution in [0.5, 0.6) is 0 Å². The highest BCUT2D eigenvalue weighted by Crippen LogP contribution is 2.22. The van der Waals surface area contributed by atoms with Gasteiger partial charge in [0, 0.05) is 17.6 Å². The summed E-state index contributed by atoms with van der Waals surface area (Å²) in [6.07, 6.45) is 1.01. The van der Waals surface area contributed by atoms with E-state index in [4.69, 9.17) is 4.74 Å². The lowest BCUT2D eigenvalue weighted by molar-refractivity contribution is 0.0589. The van der Waals surface area contributed by atoms with Crippen molar-refractivity contribution in [3.05, 3.63) is 34.1 Å². The van der Waals surface area contributed by atoms with Gasteiger partial charge in [0.15, 0.2) is 0 Å². The first-order chi connectivity index (χ1) is 9.06. The molecule has 0 aliphatic heterocycles. The molecule has 0 fully saturated rings. The molecule has 0 aliphatic carbocycles. The van der Waals surface area contributed by atoms with Crippen LogP contribution in [0.4, 0.5) is 4.39 Å². The van der Waals surface area contributed by atoms with Crippen molar-refractivity contribution in [2.75, 3.05) is 20.3 Å². The van der Waals surface area contributed by atoms with Crippen molar-refractivity contribution >= 4 is 15.9 Å². The predicted molar refractivity (Wildman–Crippen MR) is 77.6 cm³/mol. The number of aliphatic hydroxyl groups excluding tert-OH is 1. The monoisotopic (exact) mass is 333 g/mol. The number of halogens is 2. The molecule has 0 aliphatic rings. The second-order valence-corrected chi connectivity index (χ2v) is 5.43. The van der Waals surface area contributed by atoms with Crippen LogP contribution in [-0.4, -0.2) is 31.5 Å². The Bertz CT molecular complexity index is 369. The Labute approximate surface area is 122 Å². The molecular weight excluding hydrogens is 313 g/mol. The fourth-order valence-corrected chi connectivity index (χ4v) is 2.46. The highest BCUT2D eigenvalue weighted by Gasteiger charge is 2.11. The molecule has 1 aromatic rings. The van der Waals surface area contributed by atoms with E-state index >= 15 is 0 Å². The Morgan fingerprint density at radius 3 is 2.74 bits per heavy atom. The zero-order valence-corrected chi connectivity index (χ0v) is 12.9. The quantitative estimate of drug-likeness (QED) is 0.768. The lowest BCUT2D eigenvalue weighted by Gasteiger charge is -2.19. The summed E-state index contributed by atoms with van der Waals surface area (Å²) in [5.41, 5.74) is 0.913. The van der Waals surface area contributed by atoms with Crippen molar-refractivity contribution < 1.29 is 14.2 Å². The average molecular weight is 334 g/mol. The van der Waals surface area contributed by atoms with E-state index in [0.29, 0.717) is 19.6 Å². The fourth-order valence-electron chi connectivity index (χ4n) is 1.97. The van der Waals surface area contributed by atoms with Gasteiger partial charge in [-0.1, -0.05) is 22.9 Å². The van der Waals surface area contributed by atoms with Crippen LogP contribution in [0, 0.1) is 5.82 Å². The number of nitrogens with one attached hydrogen (secondary N) is 1. The highest BCUT2D eigenvalue weighted by molar-refractivity contribution is 9.10. The molecule has 19 heavy (non-hydrogen) atoms. The van der Waals surface area contributed by atoms with E-state index in [1.165, 1.54) is 12.1 Å². The van der Waals surface area contributed by atoms with E-state index in [2.05, 4.69) is 21.2 Å². The van der Waals surface area contributed by atoms with E-state index < -0.39 is 6.10 Å². The van der Waals surface area contributed by atoms with Crippen LogP contribution in [0.25, 0.3) is 0 Å². The van der Waals surface area contributed by atoms with Crippen LogP contribution in [0.3, 0.4) is 0 Å². The van der Waals surface area contributed by atoms with E-state index in [9.17, 15) is 9.50 Å². The van der Waals surface area contributed by atoms with Gasteiger partial charge in [0.2, 0.25) is 0 Å². The van der Waals surface area contributed by atoms with Crippen LogP contribution >= 0.6 is 15.9 Å².